The van der Waals surface area contributed by atoms with Gasteiger partial charge in [-0.1, -0.05) is 23.7 Å². The monoisotopic (exact) mass is 195 g/mol. The van der Waals surface area contributed by atoms with Gasteiger partial charge in [-0.05, 0) is 24.6 Å². The molecule has 3 heteroatoms. The van der Waals surface area contributed by atoms with Gasteiger partial charge < -0.3 is 0 Å². The summed E-state index contributed by atoms with van der Waals surface area (Å²) in [4.78, 5) is 0. The van der Waals surface area contributed by atoms with Gasteiger partial charge in [0.2, 0.25) is 0 Å². The zero-order valence-electron chi connectivity index (χ0n) is 7.01. The van der Waals surface area contributed by atoms with E-state index in [0.29, 0.717) is 16.2 Å². The van der Waals surface area contributed by atoms with Crippen molar-refractivity contribution < 1.29 is 4.39 Å². The summed E-state index contributed by atoms with van der Waals surface area (Å²) in [6.07, 6.45) is 0. The van der Waals surface area contributed by atoms with Gasteiger partial charge in [0.25, 0.3) is 0 Å². The number of allylic oxidation sites excluding steroid dienone is 1. The second kappa shape index (κ2) is 4.06. The predicted molar refractivity (Wildman–Crippen MR) is 50.5 cm³/mol. The van der Waals surface area contributed by atoms with Crippen LogP contribution in [0.5, 0.6) is 0 Å². The smallest absolute Gasteiger partial charge is 0.123 e. The van der Waals surface area contributed by atoms with Crippen LogP contribution in [-0.2, 0) is 0 Å². The summed E-state index contributed by atoms with van der Waals surface area (Å²) < 4.78 is 12.7. The van der Waals surface area contributed by atoms with Crippen molar-refractivity contribution in [2.45, 2.75) is 6.92 Å². The Labute approximate surface area is 81.1 Å². The van der Waals surface area contributed by atoms with Gasteiger partial charge in [0.1, 0.15) is 5.82 Å². The molecule has 1 rings (SSSR count). The molecule has 1 nitrogen and oxygen atoms in total. The first-order valence-electron chi connectivity index (χ1n) is 3.67. The summed E-state index contributed by atoms with van der Waals surface area (Å²) in [7, 11) is 0. The summed E-state index contributed by atoms with van der Waals surface area (Å²) in [5.41, 5.74) is 0.910. The van der Waals surface area contributed by atoms with Crippen molar-refractivity contribution in [2.75, 3.05) is 0 Å². The SMILES string of the molecule is CC(C#N)=C(Cl)c1cccc(F)c1. The molecule has 0 spiro atoms. The molecule has 66 valence electrons. The highest BCUT2D eigenvalue weighted by molar-refractivity contribution is 6.49. The first-order chi connectivity index (χ1) is 6.15. The van der Waals surface area contributed by atoms with Gasteiger partial charge in [-0.3, -0.25) is 0 Å². The van der Waals surface area contributed by atoms with Crippen LogP contribution in [0.4, 0.5) is 4.39 Å². The Kier molecular flexibility index (Phi) is 3.05. The summed E-state index contributed by atoms with van der Waals surface area (Å²) in [6, 6.07) is 7.74. The van der Waals surface area contributed by atoms with Crippen molar-refractivity contribution in [1.82, 2.24) is 0 Å². The van der Waals surface area contributed by atoms with Gasteiger partial charge in [0, 0.05) is 5.57 Å². The lowest BCUT2D eigenvalue weighted by atomic mass is 10.1. The van der Waals surface area contributed by atoms with Crippen LogP contribution in [-0.4, -0.2) is 0 Å². The lowest BCUT2D eigenvalue weighted by Crippen LogP contribution is -1.82. The first kappa shape index (κ1) is 9.76. The maximum Gasteiger partial charge on any atom is 0.123 e. The Hall–Kier alpha value is -1.33. The lowest BCUT2D eigenvalue weighted by molar-refractivity contribution is 0.627. The number of rotatable bonds is 1. The van der Waals surface area contributed by atoms with Crippen molar-refractivity contribution in [3.05, 3.63) is 41.2 Å². The van der Waals surface area contributed by atoms with Crippen LogP contribution in [0.2, 0.25) is 0 Å². The molecule has 0 unspecified atom stereocenters. The van der Waals surface area contributed by atoms with Gasteiger partial charge in [-0.25, -0.2) is 4.39 Å². The summed E-state index contributed by atoms with van der Waals surface area (Å²) >= 11 is 5.82. The summed E-state index contributed by atoms with van der Waals surface area (Å²) in [6.45, 7) is 1.59. The average molecular weight is 196 g/mol. The minimum atomic E-state index is -0.360. The maximum atomic E-state index is 12.7. The Morgan fingerprint density at radius 3 is 2.77 bits per heavy atom. The minimum absolute atomic E-state index is 0.294. The zero-order valence-corrected chi connectivity index (χ0v) is 7.77. The van der Waals surface area contributed by atoms with Gasteiger partial charge >= 0.3 is 0 Å². The second-order valence-electron chi connectivity index (χ2n) is 2.56. The van der Waals surface area contributed by atoms with Crippen molar-refractivity contribution in [3.63, 3.8) is 0 Å². The molecule has 0 aromatic heterocycles. The third kappa shape index (κ3) is 2.30. The fraction of sp³-hybridized carbons (Fsp3) is 0.100. The molecule has 0 amide bonds. The lowest BCUT2D eigenvalue weighted by Gasteiger charge is -1.99. The van der Waals surface area contributed by atoms with E-state index >= 15 is 0 Å². The van der Waals surface area contributed by atoms with E-state index in [9.17, 15) is 4.39 Å². The van der Waals surface area contributed by atoms with Gasteiger partial charge in [0.15, 0.2) is 0 Å². The Bertz CT molecular complexity index is 390. The number of halogens is 2. The molecule has 0 heterocycles. The number of nitriles is 1. The van der Waals surface area contributed by atoms with E-state index in [1.165, 1.54) is 12.1 Å². The molecule has 0 aliphatic heterocycles. The molecule has 0 fully saturated rings. The molecule has 0 saturated heterocycles. The van der Waals surface area contributed by atoms with Crippen molar-refractivity contribution in [3.8, 4) is 6.07 Å². The van der Waals surface area contributed by atoms with E-state index in [2.05, 4.69) is 0 Å². The second-order valence-corrected chi connectivity index (χ2v) is 2.94. The van der Waals surface area contributed by atoms with Crippen LogP contribution < -0.4 is 0 Å². The number of hydrogen-bond donors (Lipinski definition) is 0. The first-order valence-corrected chi connectivity index (χ1v) is 4.05. The van der Waals surface area contributed by atoms with E-state index in [1.54, 1.807) is 19.1 Å². The van der Waals surface area contributed by atoms with Crippen LogP contribution in [0.25, 0.3) is 5.03 Å². The Balaban J connectivity index is 3.18. The topological polar surface area (TPSA) is 23.8 Å². The maximum absolute atomic E-state index is 12.7. The molecular formula is C10H7ClFN. The van der Waals surface area contributed by atoms with E-state index in [-0.39, 0.29) is 5.82 Å². The van der Waals surface area contributed by atoms with Crippen LogP contribution in [0.1, 0.15) is 12.5 Å². The fourth-order valence-electron chi connectivity index (χ4n) is 0.891. The molecule has 0 N–H and O–H groups in total. The normalized spacial score (nSPS) is 11.8. The molecule has 0 aliphatic rings. The molecule has 0 atom stereocenters. The van der Waals surface area contributed by atoms with Crippen molar-refractivity contribution in [2.24, 2.45) is 0 Å². The molecule has 0 bridgehead atoms. The standard InChI is InChI=1S/C10H7ClFN/c1-7(6-13)10(11)8-3-2-4-9(12)5-8/h2-5H,1H3. The zero-order chi connectivity index (χ0) is 9.84. The largest absolute Gasteiger partial charge is 0.207 e. The van der Waals surface area contributed by atoms with Crippen LogP contribution in [0.3, 0.4) is 0 Å². The van der Waals surface area contributed by atoms with Crippen LogP contribution >= 0.6 is 11.6 Å². The minimum Gasteiger partial charge on any atom is -0.207 e. The molecule has 0 saturated carbocycles. The average Bonchev–Trinajstić information content (AvgIpc) is 2.15. The molecule has 1 aromatic rings. The summed E-state index contributed by atoms with van der Waals surface area (Å²) in [5.74, 6) is -0.360. The molecule has 0 radical (unpaired) electrons. The number of nitrogens with zero attached hydrogens (tertiary/aromatic N) is 1. The molecule has 1 aromatic carbocycles. The number of hydrogen-bond acceptors (Lipinski definition) is 1. The summed E-state index contributed by atoms with van der Waals surface area (Å²) in [5, 5.41) is 8.84. The van der Waals surface area contributed by atoms with Crippen LogP contribution in [0, 0.1) is 17.1 Å². The molecular weight excluding hydrogens is 189 g/mol. The van der Waals surface area contributed by atoms with Gasteiger partial charge in [-0.2, -0.15) is 5.26 Å². The van der Waals surface area contributed by atoms with Crippen molar-refractivity contribution in [1.29, 1.82) is 5.26 Å². The fourth-order valence-corrected chi connectivity index (χ4v) is 1.05. The third-order valence-electron chi connectivity index (χ3n) is 1.58. The Morgan fingerprint density at radius 1 is 1.54 bits per heavy atom. The van der Waals surface area contributed by atoms with E-state index in [0.717, 1.165) is 0 Å². The molecule has 13 heavy (non-hydrogen) atoms. The quantitative estimate of drug-likeness (QED) is 0.631. The van der Waals surface area contributed by atoms with E-state index in [4.69, 9.17) is 16.9 Å². The highest BCUT2D eigenvalue weighted by Crippen LogP contribution is 2.22. The molecule has 0 aliphatic carbocycles. The highest BCUT2D eigenvalue weighted by Gasteiger charge is 2.02. The Morgan fingerprint density at radius 2 is 2.23 bits per heavy atom. The highest BCUT2D eigenvalue weighted by atomic mass is 35.5. The van der Waals surface area contributed by atoms with E-state index in [1.807, 2.05) is 6.07 Å². The van der Waals surface area contributed by atoms with E-state index < -0.39 is 0 Å². The van der Waals surface area contributed by atoms with Crippen molar-refractivity contribution >= 4 is 16.6 Å². The van der Waals surface area contributed by atoms with Gasteiger partial charge in [-0.15, -0.1) is 0 Å². The third-order valence-corrected chi connectivity index (χ3v) is 2.08. The number of benzene rings is 1. The predicted octanol–water partition coefficient (Wildman–Crippen LogP) is 3.32. The van der Waals surface area contributed by atoms with Crippen LogP contribution in [0.15, 0.2) is 29.8 Å². The van der Waals surface area contributed by atoms with Gasteiger partial charge in [0.05, 0.1) is 11.1 Å².